The van der Waals surface area contributed by atoms with Crippen molar-refractivity contribution >= 4 is 11.6 Å². The average Bonchev–Trinajstić information content (AvgIpc) is 2.16. The Hall–Kier alpha value is -1.78. The number of hydrogen-bond donors (Lipinski definition) is 2. The summed E-state index contributed by atoms with van der Waals surface area (Å²) >= 11 is 0. The summed E-state index contributed by atoms with van der Waals surface area (Å²) in [6.45, 7) is 4.02. The van der Waals surface area contributed by atoms with Crippen LogP contribution in [0.15, 0.2) is 24.5 Å². The fourth-order valence-electron chi connectivity index (χ4n) is 1.09. The molecule has 1 amide bonds. The van der Waals surface area contributed by atoms with E-state index < -0.39 is 0 Å². The molecule has 82 valence electrons. The number of carbonyl (C=O) groups is 1. The molecule has 0 fully saturated rings. The van der Waals surface area contributed by atoms with Crippen molar-refractivity contribution in [3.63, 3.8) is 0 Å². The van der Waals surface area contributed by atoms with Crippen molar-refractivity contribution in [2.24, 2.45) is 0 Å². The molecule has 0 unspecified atom stereocenters. The summed E-state index contributed by atoms with van der Waals surface area (Å²) in [7, 11) is 0. The molecule has 0 radical (unpaired) electrons. The number of hydrogen-bond acceptors (Lipinski definition) is 3. The second-order valence-corrected chi connectivity index (χ2v) is 3.52. The third-order valence-corrected chi connectivity index (χ3v) is 1.70. The van der Waals surface area contributed by atoms with Gasteiger partial charge in [-0.05, 0) is 13.8 Å². The second-order valence-electron chi connectivity index (χ2n) is 3.52. The molecule has 15 heavy (non-hydrogen) atoms. The van der Waals surface area contributed by atoms with Crippen molar-refractivity contribution in [2.75, 3.05) is 11.9 Å². The first-order valence-electron chi connectivity index (χ1n) is 4.80. The van der Waals surface area contributed by atoms with E-state index in [1.807, 2.05) is 13.8 Å². The molecule has 1 aromatic rings. The SMILES string of the molecule is CC(C)NC(=O)CNc1cc[n+]([O-])cc1. The average molecular weight is 209 g/mol. The van der Waals surface area contributed by atoms with E-state index in [4.69, 9.17) is 0 Å². The molecule has 0 atom stereocenters. The molecule has 1 rings (SSSR count). The van der Waals surface area contributed by atoms with Crippen molar-refractivity contribution in [3.05, 3.63) is 29.7 Å². The molecule has 0 aliphatic heterocycles. The number of amides is 1. The fourth-order valence-corrected chi connectivity index (χ4v) is 1.09. The zero-order valence-electron chi connectivity index (χ0n) is 8.86. The summed E-state index contributed by atoms with van der Waals surface area (Å²) in [5.41, 5.74) is 0.751. The number of aromatic nitrogens is 1. The van der Waals surface area contributed by atoms with E-state index in [0.29, 0.717) is 4.73 Å². The van der Waals surface area contributed by atoms with Gasteiger partial charge in [-0.3, -0.25) is 4.79 Å². The van der Waals surface area contributed by atoms with Crippen LogP contribution >= 0.6 is 0 Å². The quantitative estimate of drug-likeness (QED) is 0.552. The second kappa shape index (κ2) is 5.19. The van der Waals surface area contributed by atoms with Gasteiger partial charge in [0.2, 0.25) is 5.91 Å². The standard InChI is InChI=1S/C10H15N3O2/c1-8(2)12-10(14)7-11-9-3-5-13(15)6-4-9/h3-6,8,11H,7H2,1-2H3,(H,12,14). The van der Waals surface area contributed by atoms with Gasteiger partial charge < -0.3 is 15.8 Å². The van der Waals surface area contributed by atoms with E-state index >= 15 is 0 Å². The molecular formula is C10H15N3O2. The molecule has 0 spiro atoms. The maximum atomic E-state index is 11.3. The lowest BCUT2D eigenvalue weighted by atomic mass is 10.3. The highest BCUT2D eigenvalue weighted by molar-refractivity contribution is 5.80. The van der Waals surface area contributed by atoms with Crippen molar-refractivity contribution in [1.82, 2.24) is 5.32 Å². The maximum Gasteiger partial charge on any atom is 0.239 e. The van der Waals surface area contributed by atoms with Gasteiger partial charge in [0.25, 0.3) is 0 Å². The van der Waals surface area contributed by atoms with E-state index in [1.165, 1.54) is 12.4 Å². The Morgan fingerprint density at radius 3 is 2.60 bits per heavy atom. The molecule has 0 aliphatic carbocycles. The summed E-state index contributed by atoms with van der Waals surface area (Å²) in [5.74, 6) is -0.0659. The Bertz CT molecular complexity index is 322. The van der Waals surface area contributed by atoms with Crippen molar-refractivity contribution in [2.45, 2.75) is 19.9 Å². The monoisotopic (exact) mass is 209 g/mol. The van der Waals surface area contributed by atoms with Gasteiger partial charge in [-0.15, -0.1) is 0 Å². The molecule has 1 aromatic heterocycles. The number of nitrogens with zero attached hydrogens (tertiary/aromatic N) is 1. The number of anilines is 1. The molecule has 2 N–H and O–H groups in total. The molecule has 1 heterocycles. The smallest absolute Gasteiger partial charge is 0.239 e. The zero-order chi connectivity index (χ0) is 11.3. The number of rotatable bonds is 4. The predicted molar refractivity (Wildman–Crippen MR) is 57.2 cm³/mol. The van der Waals surface area contributed by atoms with Crippen LogP contribution in [0.25, 0.3) is 0 Å². The Morgan fingerprint density at radius 1 is 1.47 bits per heavy atom. The van der Waals surface area contributed by atoms with Crippen LogP contribution in [0.3, 0.4) is 0 Å². The predicted octanol–water partition coefficient (Wildman–Crippen LogP) is 0.256. The van der Waals surface area contributed by atoms with Gasteiger partial charge in [0, 0.05) is 23.9 Å². The highest BCUT2D eigenvalue weighted by atomic mass is 16.5. The molecular weight excluding hydrogens is 194 g/mol. The lowest BCUT2D eigenvalue weighted by Crippen LogP contribution is -2.35. The normalized spacial score (nSPS) is 10.1. The fraction of sp³-hybridized carbons (Fsp3) is 0.400. The minimum atomic E-state index is -0.0659. The maximum absolute atomic E-state index is 11.3. The number of nitrogens with one attached hydrogen (secondary N) is 2. The first-order valence-corrected chi connectivity index (χ1v) is 4.80. The molecule has 5 nitrogen and oxygen atoms in total. The Morgan fingerprint density at radius 2 is 2.07 bits per heavy atom. The molecule has 0 bridgehead atoms. The van der Waals surface area contributed by atoms with Crippen LogP contribution in [0, 0.1) is 5.21 Å². The van der Waals surface area contributed by atoms with E-state index in [9.17, 15) is 10.0 Å². The largest absolute Gasteiger partial charge is 0.619 e. The highest BCUT2D eigenvalue weighted by Crippen LogP contribution is 2.00. The van der Waals surface area contributed by atoms with Crippen LogP contribution in [0.1, 0.15) is 13.8 Å². The number of pyridine rings is 1. The first kappa shape index (κ1) is 11.3. The third kappa shape index (κ3) is 4.30. The first-order chi connectivity index (χ1) is 7.08. The van der Waals surface area contributed by atoms with Crippen molar-refractivity contribution in [3.8, 4) is 0 Å². The van der Waals surface area contributed by atoms with Crippen LogP contribution in [0.5, 0.6) is 0 Å². The van der Waals surface area contributed by atoms with Crippen molar-refractivity contribution in [1.29, 1.82) is 0 Å². The Kier molecular flexibility index (Phi) is 3.91. The van der Waals surface area contributed by atoms with Gasteiger partial charge in [-0.1, -0.05) is 0 Å². The third-order valence-electron chi connectivity index (χ3n) is 1.70. The van der Waals surface area contributed by atoms with Crippen LogP contribution < -0.4 is 15.4 Å². The molecule has 0 saturated carbocycles. The van der Waals surface area contributed by atoms with E-state index in [-0.39, 0.29) is 18.5 Å². The Balaban J connectivity index is 2.37. The van der Waals surface area contributed by atoms with Crippen LogP contribution in [0.2, 0.25) is 0 Å². The Labute approximate surface area is 88.7 Å². The topological polar surface area (TPSA) is 68.1 Å². The summed E-state index contributed by atoms with van der Waals surface area (Å²) in [5, 5.41) is 16.4. The van der Waals surface area contributed by atoms with Crippen LogP contribution in [-0.4, -0.2) is 18.5 Å². The number of carbonyl (C=O) groups excluding carboxylic acids is 1. The molecule has 0 aliphatic rings. The summed E-state index contributed by atoms with van der Waals surface area (Å²) in [6, 6.07) is 3.38. The van der Waals surface area contributed by atoms with Crippen LogP contribution in [0.4, 0.5) is 5.69 Å². The van der Waals surface area contributed by atoms with E-state index in [0.717, 1.165) is 5.69 Å². The molecule has 5 heteroatoms. The zero-order valence-corrected chi connectivity index (χ0v) is 8.86. The van der Waals surface area contributed by atoms with Gasteiger partial charge >= 0.3 is 0 Å². The van der Waals surface area contributed by atoms with Crippen molar-refractivity contribution < 1.29 is 9.52 Å². The van der Waals surface area contributed by atoms with Gasteiger partial charge in [0.1, 0.15) is 0 Å². The van der Waals surface area contributed by atoms with E-state index in [1.54, 1.807) is 12.1 Å². The van der Waals surface area contributed by atoms with E-state index in [2.05, 4.69) is 10.6 Å². The van der Waals surface area contributed by atoms with Gasteiger partial charge in [-0.2, -0.15) is 4.73 Å². The van der Waals surface area contributed by atoms with Gasteiger partial charge in [-0.25, -0.2) is 0 Å². The molecule has 0 aromatic carbocycles. The summed E-state index contributed by atoms with van der Waals surface area (Å²) in [4.78, 5) is 11.3. The lowest BCUT2D eigenvalue weighted by molar-refractivity contribution is -0.605. The lowest BCUT2D eigenvalue weighted by Gasteiger charge is -2.09. The summed E-state index contributed by atoms with van der Waals surface area (Å²) < 4.78 is 0.694. The highest BCUT2D eigenvalue weighted by Gasteiger charge is 2.02. The van der Waals surface area contributed by atoms with Gasteiger partial charge in [0.05, 0.1) is 6.54 Å². The van der Waals surface area contributed by atoms with Crippen LogP contribution in [-0.2, 0) is 4.79 Å². The molecule has 0 saturated heterocycles. The summed E-state index contributed by atoms with van der Waals surface area (Å²) in [6.07, 6.45) is 2.76. The van der Waals surface area contributed by atoms with Gasteiger partial charge in [0.15, 0.2) is 12.4 Å². The minimum Gasteiger partial charge on any atom is -0.619 e. The minimum absolute atomic E-state index is 0.0659.